The molecular formula is C15H15F3N4O2S. The highest BCUT2D eigenvalue weighted by Gasteiger charge is 2.35. The molecule has 0 bridgehead atoms. The van der Waals surface area contributed by atoms with Crippen molar-refractivity contribution in [1.82, 2.24) is 19.5 Å². The zero-order valence-corrected chi connectivity index (χ0v) is 13.9. The van der Waals surface area contributed by atoms with Crippen LogP contribution in [-0.4, -0.2) is 25.9 Å². The molecule has 2 aliphatic rings. The number of aromatic nitrogens is 4. The molecule has 134 valence electrons. The van der Waals surface area contributed by atoms with Crippen molar-refractivity contribution >= 4 is 11.8 Å². The van der Waals surface area contributed by atoms with E-state index in [0.717, 1.165) is 37.8 Å². The fraction of sp³-hybridized carbons (Fsp3) is 0.533. The summed E-state index contributed by atoms with van der Waals surface area (Å²) in [7, 11) is 0. The Bertz CT molecular complexity index is 857. The van der Waals surface area contributed by atoms with Crippen molar-refractivity contribution in [2.75, 3.05) is 0 Å². The summed E-state index contributed by atoms with van der Waals surface area (Å²) < 4.78 is 43.5. The van der Waals surface area contributed by atoms with Gasteiger partial charge in [0, 0.05) is 17.4 Å². The Morgan fingerprint density at radius 2 is 2.16 bits per heavy atom. The summed E-state index contributed by atoms with van der Waals surface area (Å²) in [6, 6.07) is 0.167. The third-order valence-corrected chi connectivity index (χ3v) is 5.16. The van der Waals surface area contributed by atoms with E-state index in [1.54, 1.807) is 4.57 Å². The Kier molecular flexibility index (Phi) is 4.01. The molecule has 0 spiro atoms. The van der Waals surface area contributed by atoms with Gasteiger partial charge in [-0.1, -0.05) is 11.8 Å². The molecule has 10 heteroatoms. The normalized spacial score (nSPS) is 16.9. The standard InChI is InChI=1S/C15H15F3N4O2S/c16-15(17,18)24-13-11(22(7-19-13)8-4-5-8)6-25-14-20-10-3-1-2-9(10)12(23)21-14/h7-8H,1-6H2,(H,20,21,23). The highest BCUT2D eigenvalue weighted by molar-refractivity contribution is 7.98. The summed E-state index contributed by atoms with van der Waals surface area (Å²) in [5, 5.41) is 0.409. The molecule has 2 heterocycles. The second-order valence-electron chi connectivity index (χ2n) is 6.12. The minimum Gasteiger partial charge on any atom is -0.386 e. The van der Waals surface area contributed by atoms with Gasteiger partial charge in [-0.25, -0.2) is 9.97 Å². The number of nitrogens with one attached hydrogen (secondary N) is 1. The minimum absolute atomic E-state index is 0.160. The van der Waals surface area contributed by atoms with Crippen LogP contribution in [0, 0.1) is 0 Å². The number of fused-ring (bicyclic) bond motifs is 1. The number of nitrogens with zero attached hydrogens (tertiary/aromatic N) is 3. The van der Waals surface area contributed by atoms with E-state index in [1.165, 1.54) is 18.1 Å². The smallest absolute Gasteiger partial charge is 0.386 e. The Balaban J connectivity index is 1.57. The summed E-state index contributed by atoms with van der Waals surface area (Å²) in [6.45, 7) is 0. The topological polar surface area (TPSA) is 72.8 Å². The average molecular weight is 372 g/mol. The molecule has 1 fully saturated rings. The van der Waals surface area contributed by atoms with E-state index in [1.807, 2.05) is 0 Å². The zero-order chi connectivity index (χ0) is 17.6. The van der Waals surface area contributed by atoms with Gasteiger partial charge in [0.2, 0.25) is 5.88 Å². The van der Waals surface area contributed by atoms with Gasteiger partial charge in [-0.15, -0.1) is 13.2 Å². The van der Waals surface area contributed by atoms with Gasteiger partial charge < -0.3 is 14.3 Å². The van der Waals surface area contributed by atoms with Gasteiger partial charge >= 0.3 is 6.36 Å². The largest absolute Gasteiger partial charge is 0.574 e. The number of halogens is 3. The van der Waals surface area contributed by atoms with Crippen molar-refractivity contribution in [3.63, 3.8) is 0 Å². The Morgan fingerprint density at radius 1 is 1.36 bits per heavy atom. The molecule has 2 aliphatic carbocycles. The van der Waals surface area contributed by atoms with Crippen LogP contribution >= 0.6 is 11.8 Å². The molecule has 0 unspecified atom stereocenters. The molecule has 1 N–H and O–H groups in total. The molecule has 1 saturated carbocycles. The first-order valence-electron chi connectivity index (χ1n) is 7.97. The summed E-state index contributed by atoms with van der Waals surface area (Å²) in [5.74, 6) is -0.251. The first-order valence-corrected chi connectivity index (χ1v) is 8.95. The number of rotatable bonds is 5. The molecule has 0 aromatic carbocycles. The number of alkyl halides is 3. The molecule has 6 nitrogen and oxygen atoms in total. The van der Waals surface area contributed by atoms with E-state index in [0.29, 0.717) is 16.4 Å². The lowest BCUT2D eigenvalue weighted by Gasteiger charge is -2.11. The minimum atomic E-state index is -4.79. The summed E-state index contributed by atoms with van der Waals surface area (Å²) in [5.41, 5.74) is 1.70. The monoisotopic (exact) mass is 372 g/mol. The van der Waals surface area contributed by atoms with E-state index >= 15 is 0 Å². The molecule has 0 saturated heterocycles. The van der Waals surface area contributed by atoms with Crippen LogP contribution in [0.25, 0.3) is 0 Å². The van der Waals surface area contributed by atoms with Gasteiger partial charge in [0.05, 0.1) is 17.7 Å². The highest BCUT2D eigenvalue weighted by Crippen LogP contribution is 2.40. The fourth-order valence-electron chi connectivity index (χ4n) is 2.99. The van der Waals surface area contributed by atoms with Gasteiger partial charge in [0.25, 0.3) is 5.56 Å². The van der Waals surface area contributed by atoms with E-state index in [9.17, 15) is 18.0 Å². The Hall–Kier alpha value is -1.97. The molecule has 0 radical (unpaired) electrons. The van der Waals surface area contributed by atoms with E-state index < -0.39 is 12.2 Å². The number of H-pyrrole nitrogens is 1. The lowest BCUT2D eigenvalue weighted by molar-refractivity contribution is -0.276. The fourth-order valence-corrected chi connectivity index (χ4v) is 3.88. The average Bonchev–Trinajstić information content (AvgIpc) is 3.12. The summed E-state index contributed by atoms with van der Waals surface area (Å²) >= 11 is 1.18. The van der Waals surface area contributed by atoms with Gasteiger partial charge in [0.1, 0.15) is 0 Å². The number of hydrogen-bond acceptors (Lipinski definition) is 5. The maximum atomic E-state index is 12.6. The lowest BCUT2D eigenvalue weighted by Crippen LogP contribution is -2.18. The Labute approximate surface area is 144 Å². The summed E-state index contributed by atoms with van der Waals surface area (Å²) in [6.07, 6.45) is 0.796. The van der Waals surface area contributed by atoms with Crippen molar-refractivity contribution in [2.24, 2.45) is 0 Å². The first kappa shape index (κ1) is 16.5. The zero-order valence-electron chi connectivity index (χ0n) is 13.1. The number of aryl methyl sites for hydroxylation is 1. The van der Waals surface area contributed by atoms with Gasteiger partial charge in [-0.2, -0.15) is 0 Å². The molecule has 25 heavy (non-hydrogen) atoms. The molecule has 0 atom stereocenters. The van der Waals surface area contributed by atoms with E-state index in [2.05, 4.69) is 19.7 Å². The molecular weight excluding hydrogens is 357 g/mol. The van der Waals surface area contributed by atoms with Crippen LogP contribution < -0.4 is 10.3 Å². The van der Waals surface area contributed by atoms with Crippen molar-refractivity contribution in [2.45, 2.75) is 55.4 Å². The quantitative estimate of drug-likeness (QED) is 0.645. The highest BCUT2D eigenvalue weighted by atomic mass is 32.2. The lowest BCUT2D eigenvalue weighted by atomic mass is 10.3. The number of aromatic amines is 1. The van der Waals surface area contributed by atoms with Gasteiger partial charge in [-0.05, 0) is 32.1 Å². The van der Waals surface area contributed by atoms with Crippen molar-refractivity contribution in [3.8, 4) is 5.88 Å². The molecule has 2 aromatic rings. The maximum absolute atomic E-state index is 12.6. The van der Waals surface area contributed by atoms with Crippen LogP contribution in [0.3, 0.4) is 0 Å². The summed E-state index contributed by atoms with van der Waals surface area (Å²) in [4.78, 5) is 22.9. The predicted octanol–water partition coefficient (Wildman–Crippen LogP) is 2.98. The predicted molar refractivity (Wildman–Crippen MR) is 83.6 cm³/mol. The number of imidazole rings is 1. The van der Waals surface area contributed by atoms with Crippen LogP contribution in [0.4, 0.5) is 13.2 Å². The SMILES string of the molecule is O=c1[nH]c(SCc2c(OC(F)(F)F)ncn2C2CC2)nc2c1CCC2. The second-order valence-corrected chi connectivity index (χ2v) is 7.09. The number of hydrogen-bond donors (Lipinski definition) is 1. The van der Waals surface area contributed by atoms with Crippen LogP contribution in [0.5, 0.6) is 5.88 Å². The van der Waals surface area contributed by atoms with Crippen LogP contribution in [0.15, 0.2) is 16.3 Å². The van der Waals surface area contributed by atoms with Gasteiger partial charge in [-0.3, -0.25) is 4.79 Å². The van der Waals surface area contributed by atoms with Crippen LogP contribution in [-0.2, 0) is 18.6 Å². The first-order chi connectivity index (χ1) is 11.9. The van der Waals surface area contributed by atoms with Gasteiger partial charge in [0.15, 0.2) is 5.16 Å². The van der Waals surface area contributed by atoms with E-state index in [-0.39, 0.29) is 17.4 Å². The van der Waals surface area contributed by atoms with Crippen molar-refractivity contribution < 1.29 is 17.9 Å². The van der Waals surface area contributed by atoms with Crippen molar-refractivity contribution in [3.05, 3.63) is 33.6 Å². The second kappa shape index (κ2) is 6.08. The third kappa shape index (κ3) is 3.53. The molecule has 0 aliphatic heterocycles. The Morgan fingerprint density at radius 3 is 2.88 bits per heavy atom. The van der Waals surface area contributed by atoms with Crippen molar-refractivity contribution in [1.29, 1.82) is 0 Å². The van der Waals surface area contributed by atoms with Crippen LogP contribution in [0.2, 0.25) is 0 Å². The molecule has 2 aromatic heterocycles. The number of thioether (sulfide) groups is 1. The maximum Gasteiger partial charge on any atom is 0.574 e. The number of ether oxygens (including phenoxy) is 1. The third-order valence-electron chi connectivity index (χ3n) is 4.28. The molecule has 0 amide bonds. The van der Waals surface area contributed by atoms with E-state index in [4.69, 9.17) is 0 Å². The molecule has 4 rings (SSSR count). The van der Waals surface area contributed by atoms with Crippen LogP contribution in [0.1, 0.15) is 42.3 Å².